The number of pyridine rings is 1. The number of anilines is 1. The first-order valence-electron chi connectivity index (χ1n) is 7.89. The van der Waals surface area contributed by atoms with Gasteiger partial charge in [0.2, 0.25) is 0 Å². The van der Waals surface area contributed by atoms with Gasteiger partial charge in [-0.3, -0.25) is 9.99 Å². The Labute approximate surface area is 149 Å². The number of halogens is 1. The highest BCUT2D eigenvalue weighted by atomic mass is 79.9. The summed E-state index contributed by atoms with van der Waals surface area (Å²) in [5.74, 6) is 0. The number of hydrazone groups is 1. The van der Waals surface area contributed by atoms with Crippen molar-refractivity contribution in [2.24, 2.45) is 5.10 Å². The van der Waals surface area contributed by atoms with Gasteiger partial charge in [0, 0.05) is 28.9 Å². The second-order valence-electron chi connectivity index (χ2n) is 5.74. The minimum atomic E-state index is 0.197. The number of hydrogen-bond donors (Lipinski definition) is 0. The molecule has 0 radical (unpaired) electrons. The molecule has 0 saturated heterocycles. The monoisotopic (exact) mass is 377 g/mol. The van der Waals surface area contributed by atoms with Crippen LogP contribution < -0.4 is 5.01 Å². The molecule has 0 unspecified atom stereocenters. The van der Waals surface area contributed by atoms with Crippen LogP contribution in [0.2, 0.25) is 0 Å². The van der Waals surface area contributed by atoms with Crippen LogP contribution in [0.5, 0.6) is 0 Å². The molecule has 0 N–H and O–H groups in total. The second-order valence-corrected chi connectivity index (χ2v) is 6.66. The number of aromatic nitrogens is 1. The van der Waals surface area contributed by atoms with E-state index in [2.05, 4.69) is 80.5 Å². The van der Waals surface area contributed by atoms with E-state index in [1.165, 1.54) is 5.56 Å². The zero-order valence-electron chi connectivity index (χ0n) is 13.0. The quantitative estimate of drug-likeness (QED) is 0.627. The molecule has 118 valence electrons. The highest BCUT2D eigenvalue weighted by molar-refractivity contribution is 9.10. The van der Waals surface area contributed by atoms with E-state index in [-0.39, 0.29) is 6.04 Å². The normalized spacial score (nSPS) is 17.0. The van der Waals surface area contributed by atoms with Crippen LogP contribution in [0.25, 0.3) is 0 Å². The Kier molecular flexibility index (Phi) is 4.13. The van der Waals surface area contributed by atoms with Gasteiger partial charge in [-0.15, -0.1) is 0 Å². The van der Waals surface area contributed by atoms with Gasteiger partial charge in [-0.1, -0.05) is 52.3 Å². The molecule has 2 aromatic carbocycles. The summed E-state index contributed by atoms with van der Waals surface area (Å²) in [5, 5.41) is 7.03. The summed E-state index contributed by atoms with van der Waals surface area (Å²) in [4.78, 5) is 4.23. The van der Waals surface area contributed by atoms with Crippen LogP contribution in [0.1, 0.15) is 23.6 Å². The van der Waals surface area contributed by atoms with Crippen molar-refractivity contribution in [3.05, 3.63) is 94.7 Å². The van der Waals surface area contributed by atoms with Crippen LogP contribution in [0.15, 0.2) is 88.7 Å². The standard InChI is InChI=1S/C20H16BrN3/c21-17-8-10-18(11-9-17)24-20(15-5-2-1-3-6-15)13-19(23-24)16-7-4-12-22-14-16/h1-12,14,20H,13H2/t20-/m0/s1. The third kappa shape index (κ3) is 2.97. The van der Waals surface area contributed by atoms with Gasteiger partial charge in [-0.25, -0.2) is 0 Å². The Bertz CT molecular complexity index is 845. The number of nitrogens with zero attached hydrogens (tertiary/aromatic N) is 3. The van der Waals surface area contributed by atoms with Crippen molar-refractivity contribution < 1.29 is 0 Å². The molecule has 3 aromatic rings. The van der Waals surface area contributed by atoms with E-state index in [1.807, 2.05) is 18.3 Å². The average Bonchev–Trinajstić information content (AvgIpc) is 3.09. The predicted octanol–water partition coefficient (Wildman–Crippen LogP) is 5.20. The van der Waals surface area contributed by atoms with E-state index in [1.54, 1.807) is 6.20 Å². The Balaban J connectivity index is 1.75. The van der Waals surface area contributed by atoms with Crippen LogP contribution in [0.4, 0.5) is 5.69 Å². The first kappa shape index (κ1) is 15.1. The van der Waals surface area contributed by atoms with Crippen molar-refractivity contribution in [3.8, 4) is 0 Å². The summed E-state index contributed by atoms with van der Waals surface area (Å²) in [7, 11) is 0. The van der Waals surface area contributed by atoms with Gasteiger partial charge in [0.15, 0.2) is 0 Å². The fourth-order valence-electron chi connectivity index (χ4n) is 2.98. The molecule has 0 spiro atoms. The first-order chi connectivity index (χ1) is 11.8. The van der Waals surface area contributed by atoms with Crippen LogP contribution in [0, 0.1) is 0 Å². The van der Waals surface area contributed by atoms with Crippen molar-refractivity contribution in [2.75, 3.05) is 5.01 Å². The molecule has 24 heavy (non-hydrogen) atoms. The maximum absolute atomic E-state index is 4.91. The lowest BCUT2D eigenvalue weighted by molar-refractivity contribution is 0.709. The molecule has 0 aliphatic carbocycles. The van der Waals surface area contributed by atoms with E-state index in [0.717, 1.165) is 27.9 Å². The summed E-state index contributed by atoms with van der Waals surface area (Å²) in [6, 6.07) is 23.0. The van der Waals surface area contributed by atoms with Gasteiger partial charge in [0.1, 0.15) is 0 Å². The van der Waals surface area contributed by atoms with Gasteiger partial charge in [0.25, 0.3) is 0 Å². The lowest BCUT2D eigenvalue weighted by atomic mass is 9.99. The van der Waals surface area contributed by atoms with Gasteiger partial charge in [-0.2, -0.15) is 5.10 Å². The second kappa shape index (κ2) is 6.57. The molecular weight excluding hydrogens is 362 g/mol. The van der Waals surface area contributed by atoms with E-state index in [9.17, 15) is 0 Å². The van der Waals surface area contributed by atoms with Gasteiger partial charge in [-0.05, 0) is 35.9 Å². The summed E-state index contributed by atoms with van der Waals surface area (Å²) in [6.45, 7) is 0. The van der Waals surface area contributed by atoms with Crippen LogP contribution in [0.3, 0.4) is 0 Å². The van der Waals surface area contributed by atoms with Gasteiger partial charge < -0.3 is 0 Å². The Morgan fingerprint density at radius 3 is 2.42 bits per heavy atom. The fraction of sp³-hybridized carbons (Fsp3) is 0.100. The maximum atomic E-state index is 4.91. The van der Waals surface area contributed by atoms with Crippen LogP contribution >= 0.6 is 15.9 Å². The summed E-state index contributed by atoms with van der Waals surface area (Å²) >= 11 is 3.50. The molecule has 0 amide bonds. The molecule has 0 bridgehead atoms. The third-order valence-corrected chi connectivity index (χ3v) is 4.71. The molecule has 4 heteroatoms. The molecule has 0 saturated carbocycles. The lowest BCUT2D eigenvalue weighted by Crippen LogP contribution is -2.18. The highest BCUT2D eigenvalue weighted by Crippen LogP contribution is 2.36. The molecular formula is C20H16BrN3. The van der Waals surface area contributed by atoms with E-state index in [0.29, 0.717) is 0 Å². The molecule has 1 aliphatic heterocycles. The summed E-state index contributed by atoms with van der Waals surface area (Å²) in [5.41, 5.74) is 4.51. The van der Waals surface area contributed by atoms with Crippen molar-refractivity contribution in [2.45, 2.75) is 12.5 Å². The molecule has 2 heterocycles. The Morgan fingerprint density at radius 1 is 0.917 bits per heavy atom. The van der Waals surface area contributed by atoms with Crippen LogP contribution in [-0.4, -0.2) is 10.7 Å². The first-order valence-corrected chi connectivity index (χ1v) is 8.68. The van der Waals surface area contributed by atoms with Crippen molar-refractivity contribution in [1.29, 1.82) is 0 Å². The average molecular weight is 378 g/mol. The Morgan fingerprint density at radius 2 is 1.71 bits per heavy atom. The van der Waals surface area contributed by atoms with Crippen molar-refractivity contribution >= 4 is 27.3 Å². The van der Waals surface area contributed by atoms with E-state index in [4.69, 9.17) is 5.10 Å². The van der Waals surface area contributed by atoms with Crippen molar-refractivity contribution in [1.82, 2.24) is 4.98 Å². The number of rotatable bonds is 3. The Hall–Kier alpha value is -2.46. The number of benzene rings is 2. The predicted molar refractivity (Wildman–Crippen MR) is 101 cm³/mol. The molecule has 4 rings (SSSR count). The molecule has 1 atom stereocenters. The van der Waals surface area contributed by atoms with E-state index >= 15 is 0 Å². The third-order valence-electron chi connectivity index (χ3n) is 4.18. The highest BCUT2D eigenvalue weighted by Gasteiger charge is 2.29. The van der Waals surface area contributed by atoms with Crippen LogP contribution in [-0.2, 0) is 0 Å². The zero-order chi connectivity index (χ0) is 16.4. The topological polar surface area (TPSA) is 28.5 Å². The van der Waals surface area contributed by atoms with Gasteiger partial charge in [0.05, 0.1) is 17.4 Å². The van der Waals surface area contributed by atoms with Gasteiger partial charge >= 0.3 is 0 Å². The maximum Gasteiger partial charge on any atom is 0.0831 e. The van der Waals surface area contributed by atoms with E-state index < -0.39 is 0 Å². The molecule has 3 nitrogen and oxygen atoms in total. The largest absolute Gasteiger partial charge is 0.264 e. The lowest BCUT2D eigenvalue weighted by Gasteiger charge is -2.24. The summed E-state index contributed by atoms with van der Waals surface area (Å²) in [6.07, 6.45) is 4.54. The van der Waals surface area contributed by atoms with Crippen molar-refractivity contribution in [3.63, 3.8) is 0 Å². The summed E-state index contributed by atoms with van der Waals surface area (Å²) < 4.78 is 1.07. The fourth-order valence-corrected chi connectivity index (χ4v) is 3.25. The smallest absolute Gasteiger partial charge is 0.0831 e. The minimum Gasteiger partial charge on any atom is -0.264 e. The zero-order valence-corrected chi connectivity index (χ0v) is 14.6. The number of hydrogen-bond acceptors (Lipinski definition) is 3. The molecule has 1 aromatic heterocycles. The molecule has 0 fully saturated rings. The SMILES string of the molecule is Brc1ccc(N2N=C(c3cccnc3)C[C@H]2c2ccccc2)cc1. The minimum absolute atomic E-state index is 0.197. The molecule has 1 aliphatic rings.